The van der Waals surface area contributed by atoms with Gasteiger partial charge in [-0.1, -0.05) is 95.0 Å². The lowest BCUT2D eigenvalue weighted by molar-refractivity contribution is -0.142. The first-order valence-corrected chi connectivity index (χ1v) is 14.1. The molecule has 0 aliphatic carbocycles. The largest absolute Gasteiger partial charge is 0.354 e. The second-order valence-electron chi connectivity index (χ2n) is 10.3. The summed E-state index contributed by atoms with van der Waals surface area (Å²) in [6.07, 6.45) is 16.6. The summed E-state index contributed by atoms with van der Waals surface area (Å²) in [5.41, 5.74) is 1.24. The summed E-state index contributed by atoms with van der Waals surface area (Å²) in [5.74, 6) is 0.208. The molecular formula is C29H48ClN3O2. The fraction of sp³-hybridized carbons (Fsp3) is 0.724. The van der Waals surface area contributed by atoms with Crippen LogP contribution in [0.4, 0.5) is 0 Å². The van der Waals surface area contributed by atoms with E-state index in [-0.39, 0.29) is 36.3 Å². The predicted molar refractivity (Wildman–Crippen MR) is 147 cm³/mol. The van der Waals surface area contributed by atoms with Gasteiger partial charge in [-0.25, -0.2) is 0 Å². The zero-order valence-corrected chi connectivity index (χ0v) is 22.7. The lowest BCUT2D eigenvalue weighted by atomic mass is 10.1. The fourth-order valence-corrected chi connectivity index (χ4v) is 5.55. The van der Waals surface area contributed by atoms with Crippen molar-refractivity contribution in [2.45, 2.75) is 115 Å². The van der Waals surface area contributed by atoms with Crippen LogP contribution in [0.25, 0.3) is 0 Å². The van der Waals surface area contributed by atoms with E-state index in [1.807, 2.05) is 11.0 Å². The van der Waals surface area contributed by atoms with E-state index in [0.717, 1.165) is 51.7 Å². The smallest absolute Gasteiger partial charge is 0.242 e. The summed E-state index contributed by atoms with van der Waals surface area (Å²) in [5, 5.41) is 3.13. The minimum Gasteiger partial charge on any atom is -0.354 e. The summed E-state index contributed by atoms with van der Waals surface area (Å²) in [7, 11) is 0. The average molecular weight is 506 g/mol. The number of hydrogen-bond donors (Lipinski definition) is 1. The van der Waals surface area contributed by atoms with Crippen molar-refractivity contribution in [3.63, 3.8) is 0 Å². The molecule has 3 rings (SSSR count). The van der Waals surface area contributed by atoms with Crippen LogP contribution in [0.15, 0.2) is 30.3 Å². The highest BCUT2D eigenvalue weighted by Gasteiger charge is 2.40. The monoisotopic (exact) mass is 505 g/mol. The molecule has 5 nitrogen and oxygen atoms in total. The van der Waals surface area contributed by atoms with Crippen LogP contribution >= 0.6 is 12.4 Å². The fourth-order valence-electron chi connectivity index (χ4n) is 5.55. The minimum absolute atomic E-state index is 0. The van der Waals surface area contributed by atoms with Crippen LogP contribution in [-0.2, 0) is 16.1 Å². The first-order valence-electron chi connectivity index (χ1n) is 14.1. The van der Waals surface area contributed by atoms with Gasteiger partial charge in [-0.2, -0.15) is 0 Å². The highest BCUT2D eigenvalue weighted by atomic mass is 35.5. The van der Waals surface area contributed by atoms with E-state index in [4.69, 9.17) is 0 Å². The van der Waals surface area contributed by atoms with Crippen molar-refractivity contribution in [2.24, 2.45) is 0 Å². The van der Waals surface area contributed by atoms with Gasteiger partial charge < -0.3 is 10.2 Å². The summed E-state index contributed by atoms with van der Waals surface area (Å²) in [6, 6.07) is 10.0. The van der Waals surface area contributed by atoms with Crippen molar-refractivity contribution in [2.75, 3.05) is 19.6 Å². The number of unbranched alkanes of at least 4 members (excludes halogenated alkanes) is 9. The third-order valence-electron chi connectivity index (χ3n) is 7.55. The zero-order valence-electron chi connectivity index (χ0n) is 21.9. The Morgan fingerprint density at radius 2 is 1.43 bits per heavy atom. The molecule has 0 saturated carbocycles. The summed E-state index contributed by atoms with van der Waals surface area (Å²) < 4.78 is 0. The predicted octanol–water partition coefficient (Wildman–Crippen LogP) is 6.10. The summed E-state index contributed by atoms with van der Waals surface area (Å²) >= 11 is 0. The van der Waals surface area contributed by atoms with Gasteiger partial charge in [0.1, 0.15) is 6.04 Å². The van der Waals surface area contributed by atoms with Crippen LogP contribution in [0, 0.1) is 0 Å². The number of halogens is 1. The van der Waals surface area contributed by atoms with Crippen molar-refractivity contribution < 1.29 is 9.59 Å². The molecule has 198 valence electrons. The van der Waals surface area contributed by atoms with Gasteiger partial charge in [0.05, 0.1) is 6.04 Å². The Hall–Kier alpha value is -1.59. The van der Waals surface area contributed by atoms with Crippen LogP contribution < -0.4 is 5.32 Å². The summed E-state index contributed by atoms with van der Waals surface area (Å²) in [4.78, 5) is 30.5. The maximum Gasteiger partial charge on any atom is 0.242 e. The molecule has 1 aromatic carbocycles. The number of hydrogen-bond acceptors (Lipinski definition) is 3. The van der Waals surface area contributed by atoms with Gasteiger partial charge >= 0.3 is 0 Å². The molecule has 0 bridgehead atoms. The van der Waals surface area contributed by atoms with Crippen molar-refractivity contribution in [3.05, 3.63) is 35.9 Å². The number of amides is 2. The molecule has 35 heavy (non-hydrogen) atoms. The Balaban J connectivity index is 0.00000432. The normalized spacial score (nSPS) is 20.1. The topological polar surface area (TPSA) is 52.7 Å². The molecule has 2 atom stereocenters. The number of nitrogens with zero attached hydrogens (tertiary/aromatic N) is 2. The van der Waals surface area contributed by atoms with Gasteiger partial charge in [0, 0.05) is 19.6 Å². The molecule has 2 heterocycles. The number of likely N-dealkylation sites (tertiary alicyclic amines) is 2. The van der Waals surface area contributed by atoms with E-state index >= 15 is 0 Å². The van der Waals surface area contributed by atoms with Crippen LogP contribution in [0.2, 0.25) is 0 Å². The first kappa shape index (κ1) is 29.6. The van der Waals surface area contributed by atoms with Crippen LogP contribution in [0.1, 0.15) is 102 Å². The Morgan fingerprint density at radius 1 is 0.829 bits per heavy atom. The van der Waals surface area contributed by atoms with Gasteiger partial charge in [0.2, 0.25) is 11.8 Å². The van der Waals surface area contributed by atoms with E-state index in [2.05, 4.69) is 41.4 Å². The quantitative estimate of drug-likeness (QED) is 0.293. The Bertz CT molecular complexity index is 730. The molecule has 1 aromatic rings. The van der Waals surface area contributed by atoms with Crippen molar-refractivity contribution >= 4 is 24.2 Å². The van der Waals surface area contributed by atoms with Crippen LogP contribution in [-0.4, -0.2) is 53.3 Å². The minimum atomic E-state index is -0.283. The number of carbonyl (C=O) groups excluding carboxylic acids is 2. The van der Waals surface area contributed by atoms with E-state index in [1.54, 1.807) is 0 Å². The molecule has 0 spiro atoms. The Labute approximate surface area is 219 Å². The number of benzene rings is 1. The maximum absolute atomic E-state index is 13.4. The van der Waals surface area contributed by atoms with E-state index in [0.29, 0.717) is 6.54 Å². The lowest BCUT2D eigenvalue weighted by Crippen LogP contribution is -2.51. The molecule has 0 radical (unpaired) electrons. The molecule has 2 saturated heterocycles. The lowest BCUT2D eigenvalue weighted by Gasteiger charge is -2.31. The number of carbonyl (C=O) groups is 2. The van der Waals surface area contributed by atoms with Crippen LogP contribution in [0.5, 0.6) is 0 Å². The highest BCUT2D eigenvalue weighted by Crippen LogP contribution is 2.26. The van der Waals surface area contributed by atoms with E-state index in [1.165, 1.54) is 63.4 Å². The number of nitrogens with one attached hydrogen (secondary N) is 1. The molecule has 1 N–H and O–H groups in total. The summed E-state index contributed by atoms with van der Waals surface area (Å²) in [6.45, 7) is 5.47. The second-order valence-corrected chi connectivity index (χ2v) is 10.3. The van der Waals surface area contributed by atoms with Crippen LogP contribution in [0.3, 0.4) is 0 Å². The molecular weight excluding hydrogens is 458 g/mol. The van der Waals surface area contributed by atoms with Gasteiger partial charge in [-0.3, -0.25) is 14.5 Å². The van der Waals surface area contributed by atoms with E-state index < -0.39 is 0 Å². The molecule has 2 aliphatic rings. The van der Waals surface area contributed by atoms with E-state index in [9.17, 15) is 9.59 Å². The standard InChI is InChI=1S/C29H47N3O2.ClH/c1-2-3-4-5-6-7-8-9-10-14-21-30-28(33)26-19-16-23-32(26)29(34)27-20-15-22-31(27)24-25-17-12-11-13-18-25;/h11-13,17-18,26-27H,2-10,14-16,19-24H2,1H3,(H,30,33);1H/t26-,27-;/m0./s1. The SMILES string of the molecule is CCCCCCCCCCCCNC(=O)[C@@H]1CCCN1C(=O)[C@@H]1CCCN1Cc1ccccc1.Cl. The molecule has 2 aliphatic heterocycles. The maximum atomic E-state index is 13.4. The Morgan fingerprint density at radius 3 is 2.11 bits per heavy atom. The van der Waals surface area contributed by atoms with Crippen molar-refractivity contribution in [3.8, 4) is 0 Å². The highest BCUT2D eigenvalue weighted by molar-refractivity contribution is 5.90. The van der Waals surface area contributed by atoms with Gasteiger partial charge in [-0.15, -0.1) is 12.4 Å². The van der Waals surface area contributed by atoms with Gasteiger partial charge in [0.25, 0.3) is 0 Å². The first-order chi connectivity index (χ1) is 16.7. The molecule has 2 amide bonds. The molecule has 0 unspecified atom stereocenters. The van der Waals surface area contributed by atoms with Crippen molar-refractivity contribution in [1.82, 2.24) is 15.1 Å². The van der Waals surface area contributed by atoms with Gasteiger partial charge in [0.15, 0.2) is 0 Å². The molecule has 2 fully saturated rings. The van der Waals surface area contributed by atoms with Gasteiger partial charge in [-0.05, 0) is 44.2 Å². The second kappa shape index (κ2) is 17.0. The zero-order chi connectivity index (χ0) is 24.0. The number of rotatable bonds is 15. The van der Waals surface area contributed by atoms with Crippen molar-refractivity contribution in [1.29, 1.82) is 0 Å². The average Bonchev–Trinajstić information content (AvgIpc) is 3.53. The third kappa shape index (κ3) is 9.76. The third-order valence-corrected chi connectivity index (χ3v) is 7.55. The Kier molecular flexibility index (Phi) is 14.4. The molecule has 6 heteroatoms. The molecule has 0 aromatic heterocycles.